The topological polar surface area (TPSA) is 60.2 Å². The first-order valence-electron chi connectivity index (χ1n) is 6.31. The Hall–Kier alpha value is -2.49. The highest BCUT2D eigenvalue weighted by Crippen LogP contribution is 2.19. The van der Waals surface area contributed by atoms with Crippen LogP contribution in [-0.2, 0) is 6.42 Å². The van der Waals surface area contributed by atoms with Crippen molar-refractivity contribution in [2.45, 2.75) is 20.3 Å². The largest absolute Gasteiger partial charge is 0.294 e. The van der Waals surface area contributed by atoms with Crippen LogP contribution in [0.4, 0.5) is 5.69 Å². The maximum absolute atomic E-state index is 12.3. The number of ketones is 1. The van der Waals surface area contributed by atoms with Crippen LogP contribution in [0.2, 0.25) is 0 Å². The van der Waals surface area contributed by atoms with Gasteiger partial charge in [0.2, 0.25) is 0 Å². The van der Waals surface area contributed by atoms with Gasteiger partial charge < -0.3 is 0 Å². The number of nitro groups is 1. The number of carbonyl (C=O) groups excluding carboxylic acids is 1. The van der Waals surface area contributed by atoms with Crippen LogP contribution in [0.25, 0.3) is 0 Å². The smallest absolute Gasteiger partial charge is 0.270 e. The fourth-order valence-corrected chi connectivity index (χ4v) is 2.11. The third kappa shape index (κ3) is 3.09. The lowest BCUT2D eigenvalue weighted by atomic mass is 9.98. The molecular formula is C16H15NO3. The highest BCUT2D eigenvalue weighted by atomic mass is 16.6. The summed E-state index contributed by atoms with van der Waals surface area (Å²) in [5.41, 5.74) is 3.05. The molecule has 0 saturated carbocycles. The molecule has 0 amide bonds. The van der Waals surface area contributed by atoms with Crippen LogP contribution in [0.15, 0.2) is 42.5 Å². The minimum atomic E-state index is -0.475. The summed E-state index contributed by atoms with van der Waals surface area (Å²) in [5, 5.41) is 10.8. The Morgan fingerprint density at radius 1 is 1.15 bits per heavy atom. The number of hydrogen-bond donors (Lipinski definition) is 0. The number of rotatable bonds is 4. The maximum Gasteiger partial charge on any atom is 0.270 e. The van der Waals surface area contributed by atoms with Gasteiger partial charge in [-0.2, -0.15) is 0 Å². The Balaban J connectivity index is 2.30. The quantitative estimate of drug-likeness (QED) is 0.483. The van der Waals surface area contributed by atoms with E-state index < -0.39 is 4.92 Å². The van der Waals surface area contributed by atoms with E-state index in [-0.39, 0.29) is 17.9 Å². The molecule has 0 aromatic heterocycles. The zero-order valence-electron chi connectivity index (χ0n) is 11.4. The zero-order chi connectivity index (χ0) is 14.7. The zero-order valence-corrected chi connectivity index (χ0v) is 11.4. The average Bonchev–Trinajstić information content (AvgIpc) is 2.40. The van der Waals surface area contributed by atoms with Gasteiger partial charge in [0.1, 0.15) is 0 Å². The summed E-state index contributed by atoms with van der Waals surface area (Å²) in [6.45, 7) is 3.69. The molecule has 0 N–H and O–H groups in total. The first-order chi connectivity index (χ1) is 9.47. The summed E-state index contributed by atoms with van der Waals surface area (Å²) in [6.07, 6.45) is 0.257. The van der Waals surface area contributed by atoms with Crippen LogP contribution >= 0.6 is 0 Å². The second-order valence-electron chi connectivity index (χ2n) is 4.84. The van der Waals surface area contributed by atoms with Crippen molar-refractivity contribution in [1.29, 1.82) is 0 Å². The van der Waals surface area contributed by atoms with Gasteiger partial charge >= 0.3 is 0 Å². The van der Waals surface area contributed by atoms with Crippen LogP contribution in [0.1, 0.15) is 27.0 Å². The number of nitrogens with zero attached hydrogens (tertiary/aromatic N) is 1. The van der Waals surface area contributed by atoms with Crippen LogP contribution in [0, 0.1) is 24.0 Å². The molecule has 0 atom stereocenters. The standard InChI is InChI=1S/C16H15NO3/c1-11-7-14(9-15(8-11)17(19)20)16(18)10-13-6-4-3-5-12(13)2/h3-9H,10H2,1-2H3. The van der Waals surface area contributed by atoms with E-state index in [1.54, 1.807) is 13.0 Å². The average molecular weight is 269 g/mol. The Morgan fingerprint density at radius 2 is 1.85 bits per heavy atom. The highest BCUT2D eigenvalue weighted by molar-refractivity contribution is 5.98. The number of carbonyl (C=O) groups is 1. The fourth-order valence-electron chi connectivity index (χ4n) is 2.11. The van der Waals surface area contributed by atoms with Gasteiger partial charge in [-0.15, -0.1) is 0 Å². The fraction of sp³-hybridized carbons (Fsp3) is 0.188. The number of non-ortho nitro benzene ring substituents is 1. The minimum Gasteiger partial charge on any atom is -0.294 e. The normalized spacial score (nSPS) is 10.3. The Kier molecular flexibility index (Phi) is 3.94. The van der Waals surface area contributed by atoms with Gasteiger partial charge in [-0.05, 0) is 36.6 Å². The van der Waals surface area contributed by atoms with Crippen molar-refractivity contribution in [1.82, 2.24) is 0 Å². The Labute approximate surface area is 117 Å². The first-order valence-corrected chi connectivity index (χ1v) is 6.31. The van der Waals surface area contributed by atoms with E-state index in [1.807, 2.05) is 31.2 Å². The first kappa shape index (κ1) is 13.9. The van der Waals surface area contributed by atoms with E-state index >= 15 is 0 Å². The van der Waals surface area contributed by atoms with Gasteiger partial charge in [0.05, 0.1) is 4.92 Å². The number of benzene rings is 2. The number of Topliss-reactive ketones (excluding diaryl/α,β-unsaturated/α-hetero) is 1. The van der Waals surface area contributed by atoms with Gasteiger partial charge in [0.15, 0.2) is 5.78 Å². The monoisotopic (exact) mass is 269 g/mol. The molecule has 0 unspecified atom stereocenters. The molecule has 0 heterocycles. The van der Waals surface area contributed by atoms with Crippen molar-refractivity contribution < 1.29 is 9.72 Å². The van der Waals surface area contributed by atoms with Gasteiger partial charge in [-0.3, -0.25) is 14.9 Å². The van der Waals surface area contributed by atoms with Crippen molar-refractivity contribution in [3.05, 3.63) is 74.8 Å². The lowest BCUT2D eigenvalue weighted by Crippen LogP contribution is -2.06. The molecule has 20 heavy (non-hydrogen) atoms. The van der Waals surface area contributed by atoms with Crippen molar-refractivity contribution >= 4 is 11.5 Å². The Morgan fingerprint density at radius 3 is 2.50 bits per heavy atom. The summed E-state index contributed by atoms with van der Waals surface area (Å²) >= 11 is 0. The molecule has 0 fully saturated rings. The lowest BCUT2D eigenvalue weighted by Gasteiger charge is -2.06. The molecular weight excluding hydrogens is 254 g/mol. The van der Waals surface area contributed by atoms with Crippen LogP contribution in [0.5, 0.6) is 0 Å². The number of hydrogen-bond acceptors (Lipinski definition) is 3. The molecule has 4 nitrogen and oxygen atoms in total. The van der Waals surface area contributed by atoms with E-state index in [2.05, 4.69) is 0 Å². The lowest BCUT2D eigenvalue weighted by molar-refractivity contribution is -0.384. The molecule has 0 aliphatic rings. The minimum absolute atomic E-state index is 0.0434. The Bertz CT molecular complexity index is 677. The summed E-state index contributed by atoms with van der Waals surface area (Å²) in [7, 11) is 0. The third-order valence-corrected chi connectivity index (χ3v) is 3.21. The van der Waals surface area contributed by atoms with E-state index in [9.17, 15) is 14.9 Å². The van der Waals surface area contributed by atoms with E-state index in [0.29, 0.717) is 11.1 Å². The second-order valence-corrected chi connectivity index (χ2v) is 4.84. The molecule has 4 heteroatoms. The molecule has 0 spiro atoms. The van der Waals surface area contributed by atoms with Gasteiger partial charge in [0, 0.05) is 24.1 Å². The molecule has 2 aromatic carbocycles. The second kappa shape index (κ2) is 5.65. The summed E-state index contributed by atoms with van der Waals surface area (Å²) in [4.78, 5) is 22.6. The molecule has 0 aliphatic heterocycles. The van der Waals surface area contributed by atoms with E-state index in [1.165, 1.54) is 12.1 Å². The molecule has 102 valence electrons. The summed E-state index contributed by atoms with van der Waals surface area (Å²) in [5.74, 6) is -0.105. The molecule has 0 radical (unpaired) electrons. The molecule has 2 aromatic rings. The summed E-state index contributed by atoms with van der Waals surface area (Å²) < 4.78 is 0. The number of aryl methyl sites for hydroxylation is 2. The maximum atomic E-state index is 12.3. The van der Waals surface area contributed by atoms with Gasteiger partial charge in [-0.25, -0.2) is 0 Å². The van der Waals surface area contributed by atoms with E-state index in [4.69, 9.17) is 0 Å². The van der Waals surface area contributed by atoms with Gasteiger partial charge in [-0.1, -0.05) is 24.3 Å². The van der Waals surface area contributed by atoms with Crippen LogP contribution in [0.3, 0.4) is 0 Å². The summed E-state index contributed by atoms with van der Waals surface area (Å²) in [6, 6.07) is 12.1. The van der Waals surface area contributed by atoms with Crippen molar-refractivity contribution in [2.24, 2.45) is 0 Å². The SMILES string of the molecule is Cc1cc(C(=O)Cc2ccccc2C)cc([N+](=O)[O-])c1. The molecule has 0 aliphatic carbocycles. The van der Waals surface area contributed by atoms with Crippen molar-refractivity contribution in [3.63, 3.8) is 0 Å². The number of nitro benzene ring substituents is 1. The van der Waals surface area contributed by atoms with Crippen LogP contribution in [-0.4, -0.2) is 10.7 Å². The van der Waals surface area contributed by atoms with Crippen molar-refractivity contribution in [3.8, 4) is 0 Å². The van der Waals surface area contributed by atoms with Crippen LogP contribution < -0.4 is 0 Å². The molecule has 2 rings (SSSR count). The molecule has 0 saturated heterocycles. The van der Waals surface area contributed by atoms with Crippen molar-refractivity contribution in [2.75, 3.05) is 0 Å². The predicted molar refractivity (Wildman–Crippen MR) is 77.0 cm³/mol. The predicted octanol–water partition coefficient (Wildman–Crippen LogP) is 3.64. The highest BCUT2D eigenvalue weighted by Gasteiger charge is 2.14. The third-order valence-electron chi connectivity index (χ3n) is 3.21. The molecule has 0 bridgehead atoms. The van der Waals surface area contributed by atoms with Gasteiger partial charge in [0.25, 0.3) is 5.69 Å². The van der Waals surface area contributed by atoms with E-state index in [0.717, 1.165) is 11.1 Å².